The number of hydrogen-bond acceptors (Lipinski definition) is 3. The molecule has 1 atom stereocenters. The molecule has 19 heavy (non-hydrogen) atoms. The third-order valence-corrected chi connectivity index (χ3v) is 3.40. The number of nitrogens with zero attached hydrogens (tertiary/aromatic N) is 1. The predicted octanol–water partition coefficient (Wildman–Crippen LogP) is 1.66. The molecule has 1 aliphatic heterocycles. The molecule has 1 aliphatic rings. The number of nitrogens with one attached hydrogen (secondary N) is 1. The van der Waals surface area contributed by atoms with Gasteiger partial charge in [-0.05, 0) is 25.3 Å². The molecule has 0 saturated carbocycles. The van der Waals surface area contributed by atoms with E-state index in [1.165, 1.54) is 12.5 Å². The quantitative estimate of drug-likeness (QED) is 0.899. The Morgan fingerprint density at radius 1 is 1.53 bits per heavy atom. The van der Waals surface area contributed by atoms with E-state index in [9.17, 15) is 9.59 Å². The minimum atomic E-state index is -0.0869. The minimum Gasteiger partial charge on any atom is -0.472 e. The number of carbonyl (C=O) groups excluding carboxylic acids is 2. The molecule has 0 radical (unpaired) electrons. The van der Waals surface area contributed by atoms with Crippen LogP contribution in [0.25, 0.3) is 0 Å². The van der Waals surface area contributed by atoms with Gasteiger partial charge in [-0.1, -0.05) is 6.92 Å². The van der Waals surface area contributed by atoms with E-state index >= 15 is 0 Å². The van der Waals surface area contributed by atoms with Crippen molar-refractivity contribution in [3.05, 3.63) is 24.2 Å². The largest absolute Gasteiger partial charge is 0.472 e. The van der Waals surface area contributed by atoms with Crippen molar-refractivity contribution in [2.45, 2.75) is 26.2 Å². The molecule has 104 valence electrons. The summed E-state index contributed by atoms with van der Waals surface area (Å²) >= 11 is 0. The Kier molecular flexibility index (Phi) is 4.60. The monoisotopic (exact) mass is 264 g/mol. The van der Waals surface area contributed by atoms with E-state index in [2.05, 4.69) is 5.32 Å². The lowest BCUT2D eigenvalue weighted by Crippen LogP contribution is -2.45. The van der Waals surface area contributed by atoms with Gasteiger partial charge < -0.3 is 14.6 Å². The van der Waals surface area contributed by atoms with Crippen LogP contribution in [0.2, 0.25) is 0 Å². The molecule has 0 bridgehead atoms. The van der Waals surface area contributed by atoms with Gasteiger partial charge in [-0.3, -0.25) is 9.59 Å². The van der Waals surface area contributed by atoms with Gasteiger partial charge in [0, 0.05) is 19.6 Å². The zero-order valence-corrected chi connectivity index (χ0v) is 11.2. The van der Waals surface area contributed by atoms with Gasteiger partial charge >= 0.3 is 0 Å². The standard InChI is InChI=1S/C14H20N2O3/c1-2-6-15-13(17)11-4-3-7-16(9-11)14(18)12-5-8-19-10-12/h5,8,10-11H,2-4,6-7,9H2,1H3,(H,15,17)/t11-/m1/s1. The number of rotatable bonds is 4. The average molecular weight is 264 g/mol. The van der Waals surface area contributed by atoms with E-state index in [1.807, 2.05) is 6.92 Å². The summed E-state index contributed by atoms with van der Waals surface area (Å²) < 4.78 is 4.93. The first-order valence-electron chi connectivity index (χ1n) is 6.81. The summed E-state index contributed by atoms with van der Waals surface area (Å²) in [5.41, 5.74) is 0.551. The molecule has 1 aromatic rings. The number of piperidine rings is 1. The summed E-state index contributed by atoms with van der Waals surface area (Å²) in [7, 11) is 0. The Morgan fingerprint density at radius 3 is 3.05 bits per heavy atom. The zero-order valence-electron chi connectivity index (χ0n) is 11.2. The first kappa shape index (κ1) is 13.6. The lowest BCUT2D eigenvalue weighted by Gasteiger charge is -2.31. The topological polar surface area (TPSA) is 62.6 Å². The zero-order chi connectivity index (χ0) is 13.7. The maximum atomic E-state index is 12.2. The molecule has 1 fully saturated rings. The van der Waals surface area contributed by atoms with Crippen LogP contribution in [-0.4, -0.2) is 36.3 Å². The van der Waals surface area contributed by atoms with Gasteiger partial charge in [0.1, 0.15) is 6.26 Å². The van der Waals surface area contributed by atoms with Crippen molar-refractivity contribution >= 4 is 11.8 Å². The molecule has 1 saturated heterocycles. The Bertz CT molecular complexity index is 428. The molecule has 2 amide bonds. The van der Waals surface area contributed by atoms with Crippen molar-refractivity contribution in [1.82, 2.24) is 10.2 Å². The van der Waals surface area contributed by atoms with E-state index in [0.29, 0.717) is 25.2 Å². The van der Waals surface area contributed by atoms with E-state index in [1.54, 1.807) is 11.0 Å². The van der Waals surface area contributed by atoms with Crippen molar-refractivity contribution in [1.29, 1.82) is 0 Å². The van der Waals surface area contributed by atoms with Gasteiger partial charge in [0.25, 0.3) is 5.91 Å². The summed E-state index contributed by atoms with van der Waals surface area (Å²) in [6, 6.07) is 1.66. The average Bonchev–Trinajstić information content (AvgIpc) is 2.98. The third-order valence-electron chi connectivity index (χ3n) is 3.40. The molecular formula is C14H20N2O3. The smallest absolute Gasteiger partial charge is 0.257 e. The van der Waals surface area contributed by atoms with Crippen molar-refractivity contribution in [3.63, 3.8) is 0 Å². The van der Waals surface area contributed by atoms with E-state index in [-0.39, 0.29) is 17.7 Å². The van der Waals surface area contributed by atoms with Crippen molar-refractivity contribution < 1.29 is 14.0 Å². The summed E-state index contributed by atoms with van der Waals surface area (Å²) in [6.45, 7) is 3.93. The van der Waals surface area contributed by atoms with Crippen LogP contribution >= 0.6 is 0 Å². The molecule has 5 nitrogen and oxygen atoms in total. The molecule has 1 aromatic heterocycles. The highest BCUT2D eigenvalue weighted by atomic mass is 16.3. The van der Waals surface area contributed by atoms with Crippen LogP contribution in [0.1, 0.15) is 36.5 Å². The molecule has 2 rings (SSSR count). The first-order chi connectivity index (χ1) is 9.22. The van der Waals surface area contributed by atoms with Crippen LogP contribution in [0.3, 0.4) is 0 Å². The Labute approximate surface area is 113 Å². The fraction of sp³-hybridized carbons (Fsp3) is 0.571. The summed E-state index contributed by atoms with van der Waals surface area (Å²) in [6.07, 6.45) is 5.58. The van der Waals surface area contributed by atoms with Crippen LogP contribution in [0.5, 0.6) is 0 Å². The van der Waals surface area contributed by atoms with Crippen LogP contribution in [0.15, 0.2) is 23.0 Å². The van der Waals surface area contributed by atoms with Crippen LogP contribution in [0, 0.1) is 5.92 Å². The third kappa shape index (κ3) is 3.36. The number of furan rings is 1. The van der Waals surface area contributed by atoms with E-state index < -0.39 is 0 Å². The van der Waals surface area contributed by atoms with Gasteiger partial charge in [0.2, 0.25) is 5.91 Å². The van der Waals surface area contributed by atoms with Gasteiger partial charge in [0.05, 0.1) is 17.7 Å². The molecule has 0 spiro atoms. The van der Waals surface area contributed by atoms with Crippen molar-refractivity contribution in [3.8, 4) is 0 Å². The Balaban J connectivity index is 1.93. The maximum Gasteiger partial charge on any atom is 0.257 e. The van der Waals surface area contributed by atoms with Crippen LogP contribution < -0.4 is 5.32 Å². The highest BCUT2D eigenvalue weighted by Crippen LogP contribution is 2.19. The Hall–Kier alpha value is -1.78. The van der Waals surface area contributed by atoms with E-state index in [4.69, 9.17) is 4.42 Å². The minimum absolute atomic E-state index is 0.0539. The molecule has 0 unspecified atom stereocenters. The SMILES string of the molecule is CCCNC(=O)[C@@H]1CCCN(C(=O)c2ccoc2)C1. The van der Waals surface area contributed by atoms with Gasteiger partial charge in [-0.15, -0.1) is 0 Å². The predicted molar refractivity (Wildman–Crippen MR) is 70.6 cm³/mol. The Morgan fingerprint density at radius 2 is 2.37 bits per heavy atom. The van der Waals surface area contributed by atoms with Gasteiger partial charge in [-0.2, -0.15) is 0 Å². The number of hydrogen-bond donors (Lipinski definition) is 1. The van der Waals surface area contributed by atoms with Gasteiger partial charge in [0.15, 0.2) is 0 Å². The van der Waals surface area contributed by atoms with Gasteiger partial charge in [-0.25, -0.2) is 0 Å². The van der Waals surface area contributed by atoms with Crippen molar-refractivity contribution in [2.24, 2.45) is 5.92 Å². The number of carbonyl (C=O) groups is 2. The second kappa shape index (κ2) is 6.41. The lowest BCUT2D eigenvalue weighted by atomic mass is 9.96. The first-order valence-corrected chi connectivity index (χ1v) is 6.81. The lowest BCUT2D eigenvalue weighted by molar-refractivity contribution is -0.126. The summed E-state index contributed by atoms with van der Waals surface area (Å²) in [5.74, 6) is -0.0792. The molecule has 2 heterocycles. The van der Waals surface area contributed by atoms with Crippen LogP contribution in [0.4, 0.5) is 0 Å². The van der Waals surface area contributed by atoms with Crippen molar-refractivity contribution in [2.75, 3.05) is 19.6 Å². The number of amides is 2. The summed E-state index contributed by atoms with van der Waals surface area (Å²) in [5, 5.41) is 2.90. The molecule has 0 aromatic carbocycles. The second-order valence-corrected chi connectivity index (χ2v) is 4.89. The normalized spacial score (nSPS) is 19.2. The van der Waals surface area contributed by atoms with Crippen LogP contribution in [-0.2, 0) is 4.79 Å². The second-order valence-electron chi connectivity index (χ2n) is 4.89. The summed E-state index contributed by atoms with van der Waals surface area (Å²) in [4.78, 5) is 25.9. The number of likely N-dealkylation sites (tertiary alicyclic amines) is 1. The highest BCUT2D eigenvalue weighted by Gasteiger charge is 2.28. The maximum absolute atomic E-state index is 12.2. The highest BCUT2D eigenvalue weighted by molar-refractivity contribution is 5.94. The molecule has 0 aliphatic carbocycles. The molecule has 1 N–H and O–H groups in total. The van der Waals surface area contributed by atoms with E-state index in [0.717, 1.165) is 19.3 Å². The molecular weight excluding hydrogens is 244 g/mol. The fourth-order valence-corrected chi connectivity index (χ4v) is 2.34. The molecule has 5 heteroatoms. The fourth-order valence-electron chi connectivity index (χ4n) is 2.34.